The molecular formula is C15H23ClN2O. The van der Waals surface area contributed by atoms with Crippen molar-refractivity contribution in [2.24, 2.45) is 0 Å². The van der Waals surface area contributed by atoms with Gasteiger partial charge in [-0.15, -0.1) is 0 Å². The van der Waals surface area contributed by atoms with E-state index in [4.69, 9.17) is 16.3 Å². The minimum Gasteiger partial charge on any atom is -0.378 e. The van der Waals surface area contributed by atoms with Gasteiger partial charge >= 0.3 is 0 Å². The summed E-state index contributed by atoms with van der Waals surface area (Å²) < 4.78 is 5.60. The lowest BCUT2D eigenvalue weighted by Gasteiger charge is -2.36. The number of rotatable bonds is 5. The standard InChI is InChI=1S/C15H23ClN2O/c1-12(2)17-9-14-11-19-8-7-18(14)10-13-5-3-4-6-15(13)16/h3-6,12,14,17H,7-11H2,1-2H3. The van der Waals surface area contributed by atoms with Crippen LogP contribution in [0.4, 0.5) is 0 Å². The van der Waals surface area contributed by atoms with Gasteiger partial charge in [0.25, 0.3) is 0 Å². The second kappa shape index (κ2) is 7.25. The van der Waals surface area contributed by atoms with Crippen molar-refractivity contribution < 1.29 is 4.74 Å². The average molecular weight is 283 g/mol. The Morgan fingerprint density at radius 2 is 2.21 bits per heavy atom. The molecule has 3 nitrogen and oxygen atoms in total. The van der Waals surface area contributed by atoms with E-state index in [0.29, 0.717) is 12.1 Å². The van der Waals surface area contributed by atoms with Gasteiger partial charge in [-0.1, -0.05) is 43.6 Å². The van der Waals surface area contributed by atoms with Crippen molar-refractivity contribution >= 4 is 11.6 Å². The minimum absolute atomic E-state index is 0.424. The van der Waals surface area contributed by atoms with Crippen LogP contribution in [0.1, 0.15) is 19.4 Å². The molecule has 0 spiro atoms. The molecule has 1 aliphatic heterocycles. The van der Waals surface area contributed by atoms with E-state index in [1.807, 2.05) is 18.2 Å². The Bertz CT molecular complexity index is 397. The normalized spacial score (nSPS) is 20.9. The predicted molar refractivity (Wildman–Crippen MR) is 79.6 cm³/mol. The van der Waals surface area contributed by atoms with Crippen molar-refractivity contribution in [2.75, 3.05) is 26.3 Å². The lowest BCUT2D eigenvalue weighted by atomic mass is 10.1. The molecule has 1 heterocycles. The maximum absolute atomic E-state index is 6.25. The van der Waals surface area contributed by atoms with Crippen LogP contribution >= 0.6 is 11.6 Å². The van der Waals surface area contributed by atoms with Crippen LogP contribution < -0.4 is 5.32 Å². The van der Waals surface area contributed by atoms with Crippen LogP contribution in [0, 0.1) is 0 Å². The molecule has 1 atom stereocenters. The zero-order valence-electron chi connectivity index (χ0n) is 11.7. The summed E-state index contributed by atoms with van der Waals surface area (Å²) in [6.45, 7) is 8.77. The molecule has 1 aromatic rings. The van der Waals surface area contributed by atoms with Gasteiger partial charge in [0.15, 0.2) is 0 Å². The summed E-state index contributed by atoms with van der Waals surface area (Å²) in [7, 11) is 0. The van der Waals surface area contributed by atoms with Crippen LogP contribution in [0.25, 0.3) is 0 Å². The van der Waals surface area contributed by atoms with E-state index >= 15 is 0 Å². The highest BCUT2D eigenvalue weighted by atomic mass is 35.5. The van der Waals surface area contributed by atoms with Gasteiger partial charge in [-0.05, 0) is 11.6 Å². The van der Waals surface area contributed by atoms with Crippen molar-refractivity contribution in [3.63, 3.8) is 0 Å². The number of hydrogen-bond acceptors (Lipinski definition) is 3. The lowest BCUT2D eigenvalue weighted by molar-refractivity contribution is -0.0114. The number of halogens is 1. The van der Waals surface area contributed by atoms with Gasteiger partial charge in [0.05, 0.1) is 13.2 Å². The molecule has 4 heteroatoms. The summed E-state index contributed by atoms with van der Waals surface area (Å²) in [4.78, 5) is 2.46. The first-order valence-electron chi connectivity index (χ1n) is 6.95. The Morgan fingerprint density at radius 1 is 1.42 bits per heavy atom. The summed E-state index contributed by atoms with van der Waals surface area (Å²) in [5.74, 6) is 0. The van der Waals surface area contributed by atoms with Crippen LogP contribution in [0.2, 0.25) is 5.02 Å². The highest BCUT2D eigenvalue weighted by molar-refractivity contribution is 6.31. The molecule has 19 heavy (non-hydrogen) atoms. The molecule has 0 bridgehead atoms. The van der Waals surface area contributed by atoms with Crippen molar-refractivity contribution in [3.8, 4) is 0 Å². The number of morpholine rings is 1. The van der Waals surface area contributed by atoms with E-state index in [1.165, 1.54) is 5.56 Å². The SMILES string of the molecule is CC(C)NCC1COCCN1Cc1ccccc1Cl. The molecular weight excluding hydrogens is 260 g/mol. The predicted octanol–water partition coefficient (Wildman–Crippen LogP) is 2.54. The fourth-order valence-electron chi connectivity index (χ4n) is 2.30. The largest absolute Gasteiger partial charge is 0.378 e. The summed E-state index contributed by atoms with van der Waals surface area (Å²) in [6, 6.07) is 9.01. The molecule has 1 aromatic carbocycles. The summed E-state index contributed by atoms with van der Waals surface area (Å²) >= 11 is 6.25. The van der Waals surface area contributed by atoms with Gasteiger partial charge in [-0.3, -0.25) is 4.90 Å². The molecule has 0 radical (unpaired) electrons. The Hall–Kier alpha value is -0.610. The van der Waals surface area contributed by atoms with Crippen molar-refractivity contribution in [1.82, 2.24) is 10.2 Å². The summed E-state index contributed by atoms with van der Waals surface area (Å²) in [5.41, 5.74) is 1.20. The molecule has 2 rings (SSSR count). The molecule has 106 valence electrons. The van der Waals surface area contributed by atoms with E-state index in [2.05, 4.69) is 30.1 Å². The Labute approximate surface area is 120 Å². The van der Waals surface area contributed by atoms with Crippen LogP contribution in [0.15, 0.2) is 24.3 Å². The van der Waals surface area contributed by atoms with Crippen LogP contribution in [-0.2, 0) is 11.3 Å². The molecule has 0 aromatic heterocycles. The summed E-state index contributed by atoms with van der Waals surface area (Å²) in [5, 5.41) is 4.34. The maximum atomic E-state index is 6.25. The van der Waals surface area contributed by atoms with Gasteiger partial charge in [0, 0.05) is 36.7 Å². The number of ether oxygens (including phenoxy) is 1. The van der Waals surface area contributed by atoms with Gasteiger partial charge in [-0.2, -0.15) is 0 Å². The minimum atomic E-state index is 0.424. The highest BCUT2D eigenvalue weighted by Crippen LogP contribution is 2.19. The molecule has 0 amide bonds. The van der Waals surface area contributed by atoms with Crippen LogP contribution in [-0.4, -0.2) is 43.3 Å². The second-order valence-corrected chi connectivity index (χ2v) is 5.76. The summed E-state index contributed by atoms with van der Waals surface area (Å²) in [6.07, 6.45) is 0. The van der Waals surface area contributed by atoms with E-state index in [9.17, 15) is 0 Å². The van der Waals surface area contributed by atoms with Gasteiger partial charge in [-0.25, -0.2) is 0 Å². The number of benzene rings is 1. The van der Waals surface area contributed by atoms with Gasteiger partial charge in [0.1, 0.15) is 0 Å². The first-order chi connectivity index (χ1) is 9.16. The van der Waals surface area contributed by atoms with Crippen LogP contribution in [0.3, 0.4) is 0 Å². The Morgan fingerprint density at radius 3 is 2.95 bits per heavy atom. The highest BCUT2D eigenvalue weighted by Gasteiger charge is 2.23. The zero-order chi connectivity index (χ0) is 13.7. The molecule has 1 saturated heterocycles. The third-order valence-corrected chi connectivity index (χ3v) is 3.81. The Balaban J connectivity index is 1.97. The van der Waals surface area contributed by atoms with E-state index in [0.717, 1.165) is 37.9 Å². The molecule has 0 saturated carbocycles. The molecule has 1 unspecified atom stereocenters. The Kier molecular flexibility index (Phi) is 5.64. The molecule has 0 aliphatic carbocycles. The third-order valence-electron chi connectivity index (χ3n) is 3.44. The first kappa shape index (κ1) is 14.8. The number of nitrogens with zero attached hydrogens (tertiary/aromatic N) is 1. The third kappa shape index (κ3) is 4.46. The van der Waals surface area contributed by atoms with Crippen LogP contribution in [0.5, 0.6) is 0 Å². The smallest absolute Gasteiger partial charge is 0.0635 e. The zero-order valence-corrected chi connectivity index (χ0v) is 12.5. The number of hydrogen-bond donors (Lipinski definition) is 1. The lowest BCUT2D eigenvalue weighted by Crippen LogP contribution is -2.50. The average Bonchev–Trinajstić information content (AvgIpc) is 2.40. The van der Waals surface area contributed by atoms with E-state index < -0.39 is 0 Å². The molecule has 1 fully saturated rings. The molecule has 1 N–H and O–H groups in total. The maximum Gasteiger partial charge on any atom is 0.0635 e. The van der Waals surface area contributed by atoms with Crippen molar-refractivity contribution in [1.29, 1.82) is 0 Å². The monoisotopic (exact) mass is 282 g/mol. The number of nitrogens with one attached hydrogen (secondary N) is 1. The fourth-order valence-corrected chi connectivity index (χ4v) is 2.50. The van der Waals surface area contributed by atoms with Gasteiger partial charge < -0.3 is 10.1 Å². The second-order valence-electron chi connectivity index (χ2n) is 5.35. The fraction of sp³-hybridized carbons (Fsp3) is 0.600. The topological polar surface area (TPSA) is 24.5 Å². The quantitative estimate of drug-likeness (QED) is 0.898. The van der Waals surface area contributed by atoms with Gasteiger partial charge in [0.2, 0.25) is 0 Å². The van der Waals surface area contributed by atoms with E-state index in [1.54, 1.807) is 0 Å². The first-order valence-corrected chi connectivity index (χ1v) is 7.33. The van der Waals surface area contributed by atoms with Crippen molar-refractivity contribution in [3.05, 3.63) is 34.9 Å². The van der Waals surface area contributed by atoms with E-state index in [-0.39, 0.29) is 0 Å². The molecule has 1 aliphatic rings. The van der Waals surface area contributed by atoms with Crippen molar-refractivity contribution in [2.45, 2.75) is 32.5 Å².